The number of hydrogen-bond donors (Lipinski definition) is 0. The van der Waals surface area contributed by atoms with Crippen molar-refractivity contribution in [1.29, 1.82) is 0 Å². The third-order valence-electron chi connectivity index (χ3n) is 3.12. The number of carbonyl (C=O) groups excluding carboxylic acids is 1. The highest BCUT2D eigenvalue weighted by Gasteiger charge is 2.28. The quantitative estimate of drug-likeness (QED) is 0.753. The summed E-state index contributed by atoms with van der Waals surface area (Å²) in [5, 5.41) is 5.01. The number of carbonyl (C=O) groups is 1. The molecule has 0 bridgehead atoms. The van der Waals surface area contributed by atoms with Crippen LogP contribution in [0.3, 0.4) is 0 Å². The van der Waals surface area contributed by atoms with E-state index in [1.54, 1.807) is 6.20 Å². The molecular weight excluding hydrogens is 316 g/mol. The smallest absolute Gasteiger partial charge is 0.179 e. The second kappa shape index (κ2) is 4.52. The van der Waals surface area contributed by atoms with Crippen LogP contribution >= 0.6 is 27.5 Å². The van der Waals surface area contributed by atoms with Crippen LogP contribution in [-0.4, -0.2) is 20.4 Å². The minimum Gasteiger partial charge on any atom is -0.293 e. The highest BCUT2D eigenvalue weighted by atomic mass is 79.9. The largest absolute Gasteiger partial charge is 0.293 e. The van der Waals surface area contributed by atoms with E-state index < -0.39 is 0 Å². The highest BCUT2D eigenvalue weighted by Crippen LogP contribution is 2.27. The summed E-state index contributed by atoms with van der Waals surface area (Å²) in [6, 6.07) is 7.45. The fourth-order valence-electron chi connectivity index (χ4n) is 2.19. The molecule has 2 aromatic rings. The van der Waals surface area contributed by atoms with E-state index in [0.29, 0.717) is 5.02 Å². The van der Waals surface area contributed by atoms with E-state index in [0.717, 1.165) is 29.8 Å². The van der Waals surface area contributed by atoms with Crippen molar-refractivity contribution in [1.82, 2.24) is 9.78 Å². The molecule has 92 valence electrons. The van der Waals surface area contributed by atoms with Crippen LogP contribution in [0, 0.1) is 0 Å². The number of nitrogens with zero attached hydrogens (tertiary/aromatic N) is 2. The van der Waals surface area contributed by atoms with Gasteiger partial charge in [0.15, 0.2) is 5.78 Å². The monoisotopic (exact) mass is 324 g/mol. The van der Waals surface area contributed by atoms with Crippen molar-refractivity contribution in [2.24, 2.45) is 0 Å². The SMILES string of the molecule is O=C1c2cnn(-c3ccc(Cl)cc3)c2CCC1Br. The molecule has 0 saturated heterocycles. The van der Waals surface area contributed by atoms with E-state index in [4.69, 9.17) is 11.6 Å². The molecule has 1 atom stereocenters. The lowest BCUT2D eigenvalue weighted by molar-refractivity contribution is 0.0981. The maximum Gasteiger partial charge on any atom is 0.179 e. The van der Waals surface area contributed by atoms with Crippen molar-refractivity contribution in [3.8, 4) is 5.69 Å². The highest BCUT2D eigenvalue weighted by molar-refractivity contribution is 9.10. The van der Waals surface area contributed by atoms with Gasteiger partial charge in [0.05, 0.1) is 28.0 Å². The van der Waals surface area contributed by atoms with E-state index in [9.17, 15) is 4.79 Å². The van der Waals surface area contributed by atoms with Crippen LogP contribution in [0.15, 0.2) is 30.5 Å². The first-order valence-corrected chi connectivity index (χ1v) is 6.97. The van der Waals surface area contributed by atoms with E-state index in [2.05, 4.69) is 21.0 Å². The number of fused-ring (bicyclic) bond motifs is 1. The maximum atomic E-state index is 12.0. The number of rotatable bonds is 1. The van der Waals surface area contributed by atoms with Gasteiger partial charge in [0.1, 0.15) is 0 Å². The normalized spacial score (nSPS) is 18.8. The fourth-order valence-corrected chi connectivity index (χ4v) is 2.79. The molecule has 0 amide bonds. The second-order valence-corrected chi connectivity index (χ2v) is 5.81. The topological polar surface area (TPSA) is 34.9 Å². The van der Waals surface area contributed by atoms with Gasteiger partial charge in [-0.1, -0.05) is 27.5 Å². The Balaban J connectivity index is 2.08. The Morgan fingerprint density at radius 3 is 2.78 bits per heavy atom. The number of halogens is 2. The maximum absolute atomic E-state index is 12.0. The van der Waals surface area contributed by atoms with Gasteiger partial charge in [-0.25, -0.2) is 4.68 Å². The van der Waals surface area contributed by atoms with Gasteiger partial charge in [-0.2, -0.15) is 5.10 Å². The molecule has 1 unspecified atom stereocenters. The standard InChI is InChI=1S/C13H10BrClN2O/c14-11-5-6-12-10(13(11)18)7-16-17(12)9-3-1-8(15)2-4-9/h1-4,7,11H,5-6H2. The van der Waals surface area contributed by atoms with Gasteiger partial charge in [-0.3, -0.25) is 4.79 Å². The van der Waals surface area contributed by atoms with Crippen LogP contribution in [-0.2, 0) is 6.42 Å². The van der Waals surface area contributed by atoms with Gasteiger partial charge in [0.2, 0.25) is 0 Å². The van der Waals surface area contributed by atoms with Crippen molar-refractivity contribution >= 4 is 33.3 Å². The first kappa shape index (κ1) is 11.9. The van der Waals surface area contributed by atoms with Crippen molar-refractivity contribution in [2.45, 2.75) is 17.7 Å². The Labute approximate surface area is 118 Å². The molecule has 0 N–H and O–H groups in total. The first-order valence-electron chi connectivity index (χ1n) is 5.68. The summed E-state index contributed by atoms with van der Waals surface area (Å²) in [5.41, 5.74) is 2.64. The number of ketones is 1. The molecule has 0 saturated carbocycles. The number of Topliss-reactive ketones (excluding diaryl/α,β-unsaturated/α-hetero) is 1. The lowest BCUT2D eigenvalue weighted by Crippen LogP contribution is -2.22. The van der Waals surface area contributed by atoms with Crippen LogP contribution in [0.2, 0.25) is 5.02 Å². The average Bonchev–Trinajstić information content (AvgIpc) is 2.79. The zero-order valence-electron chi connectivity index (χ0n) is 9.44. The minimum absolute atomic E-state index is 0.0760. The minimum atomic E-state index is -0.0760. The molecule has 0 aliphatic heterocycles. The number of alkyl halides is 1. The van der Waals surface area contributed by atoms with Crippen LogP contribution in [0.5, 0.6) is 0 Å². The van der Waals surface area contributed by atoms with Gasteiger partial charge in [0.25, 0.3) is 0 Å². The number of aromatic nitrogens is 2. The van der Waals surface area contributed by atoms with Crippen molar-refractivity contribution in [2.75, 3.05) is 0 Å². The Kier molecular flexibility index (Phi) is 2.99. The first-order chi connectivity index (χ1) is 8.66. The third kappa shape index (κ3) is 1.89. The summed E-state index contributed by atoms with van der Waals surface area (Å²) in [6.45, 7) is 0. The fraction of sp³-hybridized carbons (Fsp3) is 0.231. The molecule has 1 aliphatic rings. The summed E-state index contributed by atoms with van der Waals surface area (Å²) >= 11 is 9.26. The Morgan fingerprint density at radius 1 is 1.33 bits per heavy atom. The molecule has 3 nitrogen and oxygen atoms in total. The third-order valence-corrected chi connectivity index (χ3v) is 4.25. The van der Waals surface area contributed by atoms with Gasteiger partial charge in [0, 0.05) is 5.02 Å². The van der Waals surface area contributed by atoms with Crippen LogP contribution in [0.25, 0.3) is 5.69 Å². The predicted octanol–water partition coefficient (Wildman–Crippen LogP) is 3.42. The van der Waals surface area contributed by atoms with Gasteiger partial charge in [-0.05, 0) is 37.1 Å². The molecule has 0 radical (unpaired) electrons. The zero-order valence-corrected chi connectivity index (χ0v) is 11.8. The second-order valence-electron chi connectivity index (χ2n) is 4.26. The molecule has 18 heavy (non-hydrogen) atoms. The van der Waals surface area contributed by atoms with Crippen molar-refractivity contribution in [3.05, 3.63) is 46.7 Å². The lowest BCUT2D eigenvalue weighted by atomic mass is 9.96. The molecule has 3 rings (SSSR count). The molecule has 1 aromatic heterocycles. The summed E-state index contributed by atoms with van der Waals surface area (Å²) in [7, 11) is 0. The molecule has 0 fully saturated rings. The summed E-state index contributed by atoms with van der Waals surface area (Å²) in [5.74, 6) is 0.122. The van der Waals surface area contributed by atoms with E-state index >= 15 is 0 Å². The number of hydrogen-bond acceptors (Lipinski definition) is 2. The Hall–Kier alpha value is -1.13. The summed E-state index contributed by atoms with van der Waals surface area (Å²) in [4.78, 5) is 11.9. The zero-order chi connectivity index (χ0) is 12.7. The van der Waals surface area contributed by atoms with Crippen molar-refractivity contribution < 1.29 is 4.79 Å². The number of benzene rings is 1. The Bertz CT molecular complexity index is 606. The van der Waals surface area contributed by atoms with Crippen LogP contribution in [0.4, 0.5) is 0 Å². The van der Waals surface area contributed by atoms with Gasteiger partial charge < -0.3 is 0 Å². The molecule has 1 aliphatic carbocycles. The van der Waals surface area contributed by atoms with E-state index in [-0.39, 0.29) is 10.6 Å². The van der Waals surface area contributed by atoms with E-state index in [1.165, 1.54) is 0 Å². The summed E-state index contributed by atoms with van der Waals surface area (Å²) < 4.78 is 1.82. The molecule has 0 spiro atoms. The predicted molar refractivity (Wildman–Crippen MR) is 73.9 cm³/mol. The van der Waals surface area contributed by atoms with Gasteiger partial charge >= 0.3 is 0 Å². The van der Waals surface area contributed by atoms with Gasteiger partial charge in [-0.15, -0.1) is 0 Å². The average molecular weight is 326 g/mol. The van der Waals surface area contributed by atoms with Crippen LogP contribution < -0.4 is 0 Å². The van der Waals surface area contributed by atoms with Crippen LogP contribution in [0.1, 0.15) is 22.5 Å². The molecule has 1 aromatic carbocycles. The van der Waals surface area contributed by atoms with E-state index in [1.807, 2.05) is 28.9 Å². The van der Waals surface area contributed by atoms with Crippen molar-refractivity contribution in [3.63, 3.8) is 0 Å². The Morgan fingerprint density at radius 2 is 2.06 bits per heavy atom. The molecule has 5 heteroatoms. The lowest BCUT2D eigenvalue weighted by Gasteiger charge is -2.17. The molecular formula is C13H10BrClN2O. The summed E-state index contributed by atoms with van der Waals surface area (Å²) in [6.07, 6.45) is 3.31. The molecule has 1 heterocycles.